The average Bonchev–Trinajstić information content (AvgIpc) is 2.45. The molecule has 1 aliphatic heterocycles. The molecule has 1 aromatic carbocycles. The number of benzene rings is 1. The maximum atomic E-state index is 11.9. The second-order valence-electron chi connectivity index (χ2n) is 4.27. The Morgan fingerprint density at radius 2 is 2.16 bits per heavy atom. The van der Waals surface area contributed by atoms with Crippen LogP contribution in [0.4, 0.5) is 4.79 Å². The van der Waals surface area contributed by atoms with Crippen LogP contribution in [0.3, 0.4) is 0 Å². The van der Waals surface area contributed by atoms with Gasteiger partial charge in [-0.05, 0) is 5.56 Å². The highest BCUT2D eigenvalue weighted by atomic mass is 35.5. The number of nitrogens with one attached hydrogen (secondary N) is 1. The Balaban J connectivity index is 0.00000180. The summed E-state index contributed by atoms with van der Waals surface area (Å²) in [5.41, 5.74) is 0.960. The van der Waals surface area contributed by atoms with Crippen molar-refractivity contribution < 1.29 is 14.6 Å². The van der Waals surface area contributed by atoms with Crippen LogP contribution in [-0.2, 0) is 11.3 Å². The minimum atomic E-state index is -0.362. The number of rotatable bonds is 3. The van der Waals surface area contributed by atoms with Crippen LogP contribution in [0.1, 0.15) is 5.56 Å². The van der Waals surface area contributed by atoms with Crippen molar-refractivity contribution in [3.05, 3.63) is 35.9 Å². The summed E-state index contributed by atoms with van der Waals surface area (Å²) < 4.78 is 5.25. The summed E-state index contributed by atoms with van der Waals surface area (Å²) in [6.45, 7) is 2.13. The Hall–Kier alpha value is -1.30. The lowest BCUT2D eigenvalue weighted by Crippen LogP contribution is -2.55. The van der Waals surface area contributed by atoms with Gasteiger partial charge < -0.3 is 20.1 Å². The molecule has 1 heterocycles. The zero-order chi connectivity index (χ0) is 12.8. The second kappa shape index (κ2) is 7.99. The lowest BCUT2D eigenvalue weighted by molar-refractivity contribution is 0.0551. The Bertz CT molecular complexity index is 389. The fraction of sp³-hybridized carbons (Fsp3) is 0.462. The number of hydrogen-bond acceptors (Lipinski definition) is 4. The van der Waals surface area contributed by atoms with Gasteiger partial charge in [0.1, 0.15) is 6.61 Å². The van der Waals surface area contributed by atoms with Gasteiger partial charge in [-0.3, -0.25) is 0 Å². The standard InChI is InChI=1S/C13H18N2O3.ClH/c16-9-12-8-14-6-7-15(12)13(17)18-10-11-4-2-1-3-5-11;/h1-5,12,14,16H,6-10H2;1H/t12-;/m0./s1. The monoisotopic (exact) mass is 286 g/mol. The first kappa shape index (κ1) is 15.8. The van der Waals surface area contributed by atoms with Crippen LogP contribution in [0.25, 0.3) is 0 Å². The van der Waals surface area contributed by atoms with Crippen molar-refractivity contribution in [2.45, 2.75) is 12.6 Å². The number of ether oxygens (including phenoxy) is 1. The van der Waals surface area contributed by atoms with Crippen molar-refractivity contribution in [3.8, 4) is 0 Å². The molecule has 2 rings (SSSR count). The van der Waals surface area contributed by atoms with Crippen LogP contribution >= 0.6 is 12.4 Å². The van der Waals surface area contributed by atoms with Crippen LogP contribution in [0, 0.1) is 0 Å². The lowest BCUT2D eigenvalue weighted by Gasteiger charge is -2.34. The highest BCUT2D eigenvalue weighted by Crippen LogP contribution is 2.08. The third kappa shape index (κ3) is 4.38. The van der Waals surface area contributed by atoms with Gasteiger partial charge in [-0.15, -0.1) is 12.4 Å². The molecule has 106 valence electrons. The first-order chi connectivity index (χ1) is 8.81. The molecule has 0 radical (unpaired) electrons. The van der Waals surface area contributed by atoms with Crippen LogP contribution in [0.2, 0.25) is 0 Å². The van der Waals surface area contributed by atoms with Gasteiger partial charge in [0.25, 0.3) is 0 Å². The molecule has 1 saturated heterocycles. The Kier molecular flexibility index (Phi) is 6.62. The number of piperazine rings is 1. The maximum Gasteiger partial charge on any atom is 0.410 e. The van der Waals surface area contributed by atoms with E-state index < -0.39 is 0 Å². The summed E-state index contributed by atoms with van der Waals surface area (Å²) in [7, 11) is 0. The number of nitrogens with zero attached hydrogens (tertiary/aromatic N) is 1. The van der Waals surface area contributed by atoms with Crippen molar-refractivity contribution >= 4 is 18.5 Å². The van der Waals surface area contributed by atoms with Crippen molar-refractivity contribution in [2.24, 2.45) is 0 Å². The molecule has 1 fully saturated rings. The maximum absolute atomic E-state index is 11.9. The Morgan fingerprint density at radius 1 is 1.42 bits per heavy atom. The molecule has 2 N–H and O–H groups in total. The summed E-state index contributed by atoms with van der Waals surface area (Å²) in [5.74, 6) is 0. The summed E-state index contributed by atoms with van der Waals surface area (Å²) >= 11 is 0. The van der Waals surface area contributed by atoms with Gasteiger partial charge in [0.15, 0.2) is 0 Å². The molecular formula is C13H19ClN2O3. The molecule has 0 spiro atoms. The number of aliphatic hydroxyl groups is 1. The van der Waals surface area contributed by atoms with Crippen molar-refractivity contribution in [3.63, 3.8) is 0 Å². The van der Waals surface area contributed by atoms with Gasteiger partial charge in [0, 0.05) is 19.6 Å². The summed E-state index contributed by atoms with van der Waals surface area (Å²) in [6.07, 6.45) is -0.362. The second-order valence-corrected chi connectivity index (χ2v) is 4.27. The van der Waals surface area contributed by atoms with E-state index in [-0.39, 0.29) is 37.8 Å². The molecule has 0 saturated carbocycles. The highest BCUT2D eigenvalue weighted by molar-refractivity contribution is 5.85. The minimum Gasteiger partial charge on any atom is -0.445 e. The quantitative estimate of drug-likeness (QED) is 0.871. The number of carbonyl (C=O) groups is 1. The molecule has 1 aromatic rings. The van der Waals surface area contributed by atoms with Crippen LogP contribution < -0.4 is 5.32 Å². The SMILES string of the molecule is Cl.O=C(OCc1ccccc1)N1CCNC[C@H]1CO. The fourth-order valence-electron chi connectivity index (χ4n) is 1.97. The topological polar surface area (TPSA) is 61.8 Å². The van der Waals surface area contributed by atoms with E-state index >= 15 is 0 Å². The van der Waals surface area contributed by atoms with Crippen LogP contribution in [0.5, 0.6) is 0 Å². The molecule has 6 heteroatoms. The normalized spacial score (nSPS) is 18.6. The number of aliphatic hydroxyl groups excluding tert-OH is 1. The average molecular weight is 287 g/mol. The molecule has 1 amide bonds. The van der Waals surface area contributed by atoms with Crippen LogP contribution in [0.15, 0.2) is 30.3 Å². The molecule has 0 aliphatic carbocycles. The van der Waals surface area contributed by atoms with E-state index in [9.17, 15) is 9.90 Å². The molecule has 0 unspecified atom stereocenters. The molecule has 0 bridgehead atoms. The largest absolute Gasteiger partial charge is 0.445 e. The van der Waals surface area contributed by atoms with E-state index in [1.54, 1.807) is 4.90 Å². The lowest BCUT2D eigenvalue weighted by atomic mass is 10.2. The van der Waals surface area contributed by atoms with Gasteiger partial charge in [0.2, 0.25) is 0 Å². The minimum absolute atomic E-state index is 0. The highest BCUT2D eigenvalue weighted by Gasteiger charge is 2.26. The molecule has 5 nitrogen and oxygen atoms in total. The van der Waals surface area contributed by atoms with E-state index in [1.807, 2.05) is 30.3 Å². The van der Waals surface area contributed by atoms with Crippen molar-refractivity contribution in [1.29, 1.82) is 0 Å². The Morgan fingerprint density at radius 3 is 2.84 bits per heavy atom. The summed E-state index contributed by atoms with van der Waals surface area (Å²) in [4.78, 5) is 13.5. The van der Waals surface area contributed by atoms with E-state index in [0.29, 0.717) is 13.1 Å². The molecule has 19 heavy (non-hydrogen) atoms. The smallest absolute Gasteiger partial charge is 0.410 e. The third-order valence-corrected chi connectivity index (χ3v) is 3.00. The number of amides is 1. The van der Waals surface area contributed by atoms with E-state index in [0.717, 1.165) is 12.1 Å². The van der Waals surface area contributed by atoms with E-state index in [4.69, 9.17) is 4.74 Å². The first-order valence-corrected chi connectivity index (χ1v) is 6.10. The summed E-state index contributed by atoms with van der Waals surface area (Å²) in [6, 6.07) is 9.36. The predicted octanol–water partition coefficient (Wildman–Crippen LogP) is 1.01. The Labute approximate surface area is 119 Å². The van der Waals surface area contributed by atoms with Crippen LogP contribution in [-0.4, -0.2) is 48.4 Å². The molecule has 1 atom stereocenters. The number of halogens is 1. The molecule has 0 aromatic heterocycles. The van der Waals surface area contributed by atoms with Gasteiger partial charge in [-0.25, -0.2) is 4.79 Å². The van der Waals surface area contributed by atoms with E-state index in [2.05, 4.69) is 5.32 Å². The summed E-state index contributed by atoms with van der Waals surface area (Å²) in [5, 5.41) is 12.3. The number of hydrogen-bond donors (Lipinski definition) is 2. The molecule has 1 aliphatic rings. The number of carbonyl (C=O) groups excluding carboxylic acids is 1. The molecular weight excluding hydrogens is 268 g/mol. The van der Waals surface area contributed by atoms with Gasteiger partial charge in [0.05, 0.1) is 12.6 Å². The zero-order valence-corrected chi connectivity index (χ0v) is 11.4. The van der Waals surface area contributed by atoms with Crippen molar-refractivity contribution in [1.82, 2.24) is 10.2 Å². The van der Waals surface area contributed by atoms with E-state index in [1.165, 1.54) is 0 Å². The first-order valence-electron chi connectivity index (χ1n) is 6.10. The zero-order valence-electron chi connectivity index (χ0n) is 10.6. The van der Waals surface area contributed by atoms with Gasteiger partial charge in [-0.2, -0.15) is 0 Å². The van der Waals surface area contributed by atoms with Gasteiger partial charge >= 0.3 is 6.09 Å². The van der Waals surface area contributed by atoms with Crippen molar-refractivity contribution in [2.75, 3.05) is 26.2 Å². The fourth-order valence-corrected chi connectivity index (χ4v) is 1.97. The third-order valence-electron chi connectivity index (χ3n) is 3.00. The predicted molar refractivity (Wildman–Crippen MR) is 74.3 cm³/mol. The van der Waals surface area contributed by atoms with Gasteiger partial charge in [-0.1, -0.05) is 30.3 Å².